The Kier molecular flexibility index (Phi) is 2.20. The van der Waals surface area contributed by atoms with Crippen molar-refractivity contribution in [1.29, 1.82) is 0 Å². The number of aliphatic imine (C=N–C) groups is 1. The van der Waals surface area contributed by atoms with E-state index in [1.54, 1.807) is 6.21 Å². The van der Waals surface area contributed by atoms with Gasteiger partial charge in [-0.05, 0) is 44.6 Å². The lowest BCUT2D eigenvalue weighted by Gasteiger charge is -2.03. The number of hydrogen-bond donors (Lipinski definition) is 0. The summed E-state index contributed by atoms with van der Waals surface area (Å²) < 4.78 is 14.9. The summed E-state index contributed by atoms with van der Waals surface area (Å²) in [6, 6.07) is 1.93. The molecule has 4 heteroatoms. The molecule has 0 N–H and O–H groups in total. The van der Waals surface area contributed by atoms with Crippen LogP contribution in [0.2, 0.25) is 0 Å². The minimum absolute atomic E-state index is 0.172. The van der Waals surface area contributed by atoms with E-state index in [1.165, 1.54) is 0 Å². The summed E-state index contributed by atoms with van der Waals surface area (Å²) in [5.41, 5.74) is 1.60. The Bertz CT molecular complexity index is 376. The van der Waals surface area contributed by atoms with Gasteiger partial charge in [0.25, 0.3) is 0 Å². The van der Waals surface area contributed by atoms with Crippen LogP contribution in [0.3, 0.4) is 0 Å². The largest absolute Gasteiger partial charge is 0.288 e. The molecule has 1 aliphatic heterocycles. The van der Waals surface area contributed by atoms with Crippen molar-refractivity contribution in [3.8, 4) is 0 Å². The van der Waals surface area contributed by atoms with Gasteiger partial charge in [0.1, 0.15) is 5.82 Å². The number of hydrogen-bond acceptors (Lipinski definition) is 1. The zero-order valence-electron chi connectivity index (χ0n) is 5.94. The molecule has 0 aliphatic carbocycles. The smallest absolute Gasteiger partial charge is 0.144 e. The van der Waals surface area contributed by atoms with Crippen molar-refractivity contribution in [1.82, 2.24) is 0 Å². The molecular weight excluding hydrogens is 336 g/mol. The number of fused-ring (bicyclic) bond motifs is 1. The molecule has 0 saturated heterocycles. The van der Waals surface area contributed by atoms with Crippen molar-refractivity contribution < 1.29 is 4.39 Å². The SMILES string of the molecule is Fc1c(Br)c(I)cc2c1CN=C2. The van der Waals surface area contributed by atoms with Crippen molar-refractivity contribution in [2.24, 2.45) is 4.99 Å². The summed E-state index contributed by atoms with van der Waals surface area (Å²) in [4.78, 5) is 4.01. The Labute approximate surface area is 91.3 Å². The van der Waals surface area contributed by atoms with Gasteiger partial charge in [-0.1, -0.05) is 0 Å². The summed E-state index contributed by atoms with van der Waals surface area (Å²) in [6.45, 7) is 0.469. The highest BCUT2D eigenvalue weighted by atomic mass is 127. The van der Waals surface area contributed by atoms with Crippen LogP contribution in [0.15, 0.2) is 15.5 Å². The Morgan fingerprint density at radius 2 is 2.33 bits per heavy atom. The lowest BCUT2D eigenvalue weighted by atomic mass is 10.1. The van der Waals surface area contributed by atoms with E-state index in [-0.39, 0.29) is 5.82 Å². The van der Waals surface area contributed by atoms with E-state index >= 15 is 0 Å². The molecule has 0 bridgehead atoms. The first-order valence-electron chi connectivity index (χ1n) is 3.36. The van der Waals surface area contributed by atoms with Gasteiger partial charge in [0.2, 0.25) is 0 Å². The third-order valence-electron chi connectivity index (χ3n) is 1.78. The topological polar surface area (TPSA) is 12.4 Å². The maximum atomic E-state index is 13.4. The van der Waals surface area contributed by atoms with Crippen LogP contribution in [0.1, 0.15) is 11.1 Å². The molecule has 0 fully saturated rings. The third kappa shape index (κ3) is 1.21. The molecule has 62 valence electrons. The molecule has 1 aromatic carbocycles. The van der Waals surface area contributed by atoms with Crippen LogP contribution in [-0.4, -0.2) is 6.21 Å². The molecule has 0 unspecified atom stereocenters. The summed E-state index contributed by atoms with van der Waals surface area (Å²) in [5.74, 6) is -0.172. The lowest BCUT2D eigenvalue weighted by Crippen LogP contribution is -1.94. The number of nitrogens with zero attached hydrogens (tertiary/aromatic N) is 1. The Balaban J connectivity index is 2.72. The van der Waals surface area contributed by atoms with Gasteiger partial charge in [-0.25, -0.2) is 4.39 Å². The molecule has 0 spiro atoms. The average Bonchev–Trinajstić information content (AvgIpc) is 2.48. The first-order valence-corrected chi connectivity index (χ1v) is 5.23. The van der Waals surface area contributed by atoms with E-state index in [9.17, 15) is 4.39 Å². The first kappa shape index (κ1) is 8.62. The molecule has 0 amide bonds. The van der Waals surface area contributed by atoms with E-state index < -0.39 is 0 Å². The highest BCUT2D eigenvalue weighted by Gasteiger charge is 2.16. The van der Waals surface area contributed by atoms with E-state index in [0.29, 0.717) is 16.6 Å². The van der Waals surface area contributed by atoms with Gasteiger partial charge in [-0.2, -0.15) is 0 Å². The van der Waals surface area contributed by atoms with E-state index in [0.717, 1.165) is 9.13 Å². The average molecular weight is 340 g/mol. The van der Waals surface area contributed by atoms with E-state index in [4.69, 9.17) is 0 Å². The maximum absolute atomic E-state index is 13.4. The molecule has 0 radical (unpaired) electrons. The summed E-state index contributed by atoms with van der Waals surface area (Å²) >= 11 is 5.29. The minimum Gasteiger partial charge on any atom is -0.288 e. The second-order valence-electron chi connectivity index (χ2n) is 2.52. The molecule has 1 aromatic rings. The van der Waals surface area contributed by atoms with Crippen LogP contribution in [0.5, 0.6) is 0 Å². The van der Waals surface area contributed by atoms with Gasteiger partial charge in [0.05, 0.1) is 11.0 Å². The zero-order valence-corrected chi connectivity index (χ0v) is 9.69. The summed E-state index contributed by atoms with van der Waals surface area (Å²) in [5, 5.41) is 0. The van der Waals surface area contributed by atoms with Crippen molar-refractivity contribution in [2.45, 2.75) is 6.54 Å². The van der Waals surface area contributed by atoms with Gasteiger partial charge < -0.3 is 0 Å². The number of halogens is 3. The normalized spacial score (nSPS) is 13.6. The molecule has 1 heterocycles. The highest BCUT2D eigenvalue weighted by Crippen LogP contribution is 2.29. The molecule has 0 saturated carbocycles. The second-order valence-corrected chi connectivity index (χ2v) is 4.48. The number of rotatable bonds is 0. The molecule has 2 rings (SSSR count). The zero-order chi connectivity index (χ0) is 8.72. The lowest BCUT2D eigenvalue weighted by molar-refractivity contribution is 0.604. The molecule has 12 heavy (non-hydrogen) atoms. The quantitative estimate of drug-likeness (QED) is 0.508. The molecule has 0 aromatic heterocycles. The minimum atomic E-state index is -0.172. The summed E-state index contributed by atoms with van der Waals surface area (Å²) in [7, 11) is 0. The van der Waals surface area contributed by atoms with Crippen molar-refractivity contribution in [2.75, 3.05) is 0 Å². The van der Waals surface area contributed by atoms with Gasteiger partial charge in [-0.15, -0.1) is 0 Å². The van der Waals surface area contributed by atoms with Crippen LogP contribution >= 0.6 is 38.5 Å². The predicted molar refractivity (Wildman–Crippen MR) is 58.1 cm³/mol. The van der Waals surface area contributed by atoms with Crippen molar-refractivity contribution in [3.05, 3.63) is 31.1 Å². The monoisotopic (exact) mass is 339 g/mol. The standard InChI is InChI=1S/C8H4BrFIN/c9-7-6(11)1-4-2-12-3-5(4)8(7)10/h1-2H,3H2. The maximum Gasteiger partial charge on any atom is 0.144 e. The third-order valence-corrected chi connectivity index (χ3v) is 4.15. The number of benzene rings is 1. The van der Waals surface area contributed by atoms with Crippen molar-refractivity contribution >= 4 is 44.7 Å². The predicted octanol–water partition coefficient (Wildman–Crippen LogP) is 3.13. The van der Waals surface area contributed by atoms with Crippen LogP contribution in [0.25, 0.3) is 0 Å². The van der Waals surface area contributed by atoms with Crippen molar-refractivity contribution in [3.63, 3.8) is 0 Å². The molecule has 0 atom stereocenters. The first-order chi connectivity index (χ1) is 5.70. The fourth-order valence-corrected chi connectivity index (χ4v) is 2.09. The molecule has 1 aliphatic rings. The van der Waals surface area contributed by atoms with Crippen LogP contribution in [0.4, 0.5) is 4.39 Å². The van der Waals surface area contributed by atoms with Crippen LogP contribution in [-0.2, 0) is 6.54 Å². The van der Waals surface area contributed by atoms with Gasteiger partial charge in [0.15, 0.2) is 0 Å². The second kappa shape index (κ2) is 3.06. The highest BCUT2D eigenvalue weighted by molar-refractivity contribution is 14.1. The van der Waals surface area contributed by atoms with Crippen LogP contribution < -0.4 is 0 Å². The Morgan fingerprint density at radius 3 is 3.08 bits per heavy atom. The van der Waals surface area contributed by atoms with E-state index in [1.807, 2.05) is 6.07 Å². The molecule has 1 nitrogen and oxygen atoms in total. The van der Waals surface area contributed by atoms with Gasteiger partial charge in [-0.3, -0.25) is 4.99 Å². The Hall–Kier alpha value is 0.0300. The van der Waals surface area contributed by atoms with Gasteiger partial charge >= 0.3 is 0 Å². The fourth-order valence-electron chi connectivity index (χ4n) is 1.16. The Morgan fingerprint density at radius 1 is 1.58 bits per heavy atom. The molecular formula is C8H4BrFIN. The van der Waals surface area contributed by atoms with Gasteiger partial charge in [0, 0.05) is 20.9 Å². The summed E-state index contributed by atoms with van der Waals surface area (Å²) in [6.07, 6.45) is 1.72. The van der Waals surface area contributed by atoms with Crippen LogP contribution in [0, 0.1) is 9.39 Å². The fraction of sp³-hybridized carbons (Fsp3) is 0.125. The van der Waals surface area contributed by atoms with E-state index in [2.05, 4.69) is 43.5 Å².